The lowest BCUT2D eigenvalue weighted by atomic mass is 10.0. The van der Waals surface area contributed by atoms with Gasteiger partial charge in [0.05, 0.1) is 0 Å². The van der Waals surface area contributed by atoms with Crippen LogP contribution in [0.25, 0.3) is 0 Å². The smallest absolute Gasteiger partial charge is 0.396 e. The molecule has 1 aliphatic rings. The van der Waals surface area contributed by atoms with E-state index in [2.05, 4.69) is 9.47 Å². The van der Waals surface area contributed by atoms with Gasteiger partial charge in [-0.2, -0.15) is 0 Å². The van der Waals surface area contributed by atoms with Gasteiger partial charge in [0.15, 0.2) is 11.5 Å². The average Bonchev–Trinajstić information content (AvgIpc) is 2.50. The van der Waals surface area contributed by atoms with Crippen molar-refractivity contribution in [1.82, 2.24) is 0 Å². The Morgan fingerprint density at radius 1 is 1.29 bits per heavy atom. The standard InChI is InChI=1S/C10H11F2NO3.ClH/c11-10(12)15-8-2-1-6(5-9(8)16-10)7(13)3-4-14;/h1-2,5,7,14H,3-4,13H2;1H. The number of ether oxygens (including phenoxy) is 2. The minimum absolute atomic E-state index is 0. The van der Waals surface area contributed by atoms with E-state index >= 15 is 0 Å². The predicted octanol–water partition coefficient (Wildman–Crippen LogP) is 1.81. The summed E-state index contributed by atoms with van der Waals surface area (Å²) >= 11 is 0. The highest BCUT2D eigenvalue weighted by molar-refractivity contribution is 5.85. The molecule has 0 aliphatic carbocycles. The summed E-state index contributed by atoms with van der Waals surface area (Å²) in [7, 11) is 0. The lowest BCUT2D eigenvalue weighted by molar-refractivity contribution is -0.286. The van der Waals surface area contributed by atoms with Gasteiger partial charge >= 0.3 is 6.29 Å². The Bertz CT molecular complexity index is 403. The van der Waals surface area contributed by atoms with E-state index in [4.69, 9.17) is 10.8 Å². The molecular weight excluding hydrogens is 256 g/mol. The molecule has 1 unspecified atom stereocenters. The summed E-state index contributed by atoms with van der Waals surface area (Å²) < 4.78 is 33.9. The van der Waals surface area contributed by atoms with Gasteiger partial charge in [-0.15, -0.1) is 21.2 Å². The predicted molar refractivity (Wildman–Crippen MR) is 58.5 cm³/mol. The van der Waals surface area contributed by atoms with Crippen LogP contribution in [0.2, 0.25) is 0 Å². The molecule has 7 heteroatoms. The molecule has 0 amide bonds. The Kier molecular flexibility index (Phi) is 4.13. The molecule has 4 nitrogen and oxygen atoms in total. The molecule has 1 aromatic rings. The highest BCUT2D eigenvalue weighted by Crippen LogP contribution is 2.41. The Morgan fingerprint density at radius 3 is 2.59 bits per heavy atom. The summed E-state index contributed by atoms with van der Waals surface area (Å²) in [6.07, 6.45) is -3.25. The Morgan fingerprint density at radius 2 is 1.94 bits per heavy atom. The number of aliphatic hydroxyl groups is 1. The fraction of sp³-hybridized carbons (Fsp3) is 0.400. The maximum atomic E-state index is 12.7. The molecule has 2 rings (SSSR count). The first-order valence-electron chi connectivity index (χ1n) is 4.78. The van der Waals surface area contributed by atoms with Gasteiger partial charge in [-0.05, 0) is 24.1 Å². The van der Waals surface area contributed by atoms with Crippen LogP contribution in [-0.2, 0) is 0 Å². The van der Waals surface area contributed by atoms with Crippen molar-refractivity contribution >= 4 is 12.4 Å². The highest BCUT2D eigenvalue weighted by Gasteiger charge is 2.43. The summed E-state index contributed by atoms with van der Waals surface area (Å²) in [4.78, 5) is 0. The second-order valence-corrected chi connectivity index (χ2v) is 3.49. The molecule has 1 heterocycles. The molecule has 96 valence electrons. The van der Waals surface area contributed by atoms with Gasteiger partial charge in [0.2, 0.25) is 0 Å². The van der Waals surface area contributed by atoms with Crippen LogP contribution in [0.4, 0.5) is 8.78 Å². The molecule has 0 spiro atoms. The average molecular weight is 268 g/mol. The molecule has 0 fully saturated rings. The molecule has 0 saturated heterocycles. The molecular formula is C10H12ClF2NO3. The number of hydrogen-bond donors (Lipinski definition) is 2. The number of aliphatic hydroxyl groups excluding tert-OH is 1. The van der Waals surface area contributed by atoms with Gasteiger partial charge in [0.25, 0.3) is 0 Å². The number of alkyl halides is 2. The third kappa shape index (κ3) is 2.96. The second-order valence-electron chi connectivity index (χ2n) is 3.49. The van der Waals surface area contributed by atoms with Gasteiger partial charge in [-0.1, -0.05) is 6.07 Å². The fourth-order valence-corrected chi connectivity index (χ4v) is 1.50. The van der Waals surface area contributed by atoms with Crippen molar-refractivity contribution in [2.45, 2.75) is 18.8 Å². The first-order chi connectivity index (χ1) is 7.52. The topological polar surface area (TPSA) is 64.7 Å². The van der Waals surface area contributed by atoms with Crippen LogP contribution in [0, 0.1) is 0 Å². The Labute approximate surface area is 103 Å². The first kappa shape index (κ1) is 14.0. The highest BCUT2D eigenvalue weighted by atomic mass is 35.5. The van der Waals surface area contributed by atoms with Gasteiger partial charge in [-0.3, -0.25) is 0 Å². The van der Waals surface area contributed by atoms with E-state index in [-0.39, 0.29) is 30.5 Å². The summed E-state index contributed by atoms with van der Waals surface area (Å²) in [5.74, 6) is -0.0409. The normalized spacial score (nSPS) is 17.4. The minimum atomic E-state index is -3.61. The maximum absolute atomic E-state index is 12.7. The van der Waals surface area contributed by atoms with E-state index in [1.807, 2.05) is 0 Å². The van der Waals surface area contributed by atoms with Crippen LogP contribution in [-0.4, -0.2) is 18.0 Å². The molecule has 1 atom stereocenters. The van der Waals surface area contributed by atoms with E-state index in [1.54, 1.807) is 6.07 Å². The van der Waals surface area contributed by atoms with Gasteiger partial charge in [0.1, 0.15) is 0 Å². The van der Waals surface area contributed by atoms with Crippen molar-refractivity contribution in [2.24, 2.45) is 5.73 Å². The van der Waals surface area contributed by atoms with Crippen molar-refractivity contribution in [1.29, 1.82) is 0 Å². The van der Waals surface area contributed by atoms with E-state index in [1.165, 1.54) is 12.1 Å². The SMILES string of the molecule is Cl.NC(CCO)c1ccc2c(c1)OC(F)(F)O2. The number of fused-ring (bicyclic) bond motifs is 1. The van der Waals surface area contributed by atoms with Gasteiger partial charge in [-0.25, -0.2) is 0 Å². The third-order valence-corrected chi connectivity index (χ3v) is 2.29. The maximum Gasteiger partial charge on any atom is 0.586 e. The van der Waals surface area contributed by atoms with Crippen LogP contribution in [0.1, 0.15) is 18.0 Å². The number of rotatable bonds is 3. The van der Waals surface area contributed by atoms with Gasteiger partial charge in [0, 0.05) is 12.6 Å². The van der Waals surface area contributed by atoms with Crippen molar-refractivity contribution in [3.8, 4) is 11.5 Å². The van der Waals surface area contributed by atoms with Crippen LogP contribution in [0.15, 0.2) is 18.2 Å². The van der Waals surface area contributed by atoms with Crippen LogP contribution >= 0.6 is 12.4 Å². The lowest BCUT2D eigenvalue weighted by Gasteiger charge is -2.10. The summed E-state index contributed by atoms with van der Waals surface area (Å²) in [5, 5.41) is 8.72. The third-order valence-electron chi connectivity index (χ3n) is 2.29. The quantitative estimate of drug-likeness (QED) is 0.877. The van der Waals surface area contributed by atoms with E-state index in [0.29, 0.717) is 12.0 Å². The molecule has 0 radical (unpaired) electrons. The van der Waals surface area contributed by atoms with Crippen molar-refractivity contribution in [3.63, 3.8) is 0 Å². The molecule has 1 aliphatic heterocycles. The van der Waals surface area contributed by atoms with Crippen LogP contribution < -0.4 is 15.2 Å². The van der Waals surface area contributed by atoms with Gasteiger partial charge < -0.3 is 20.3 Å². The molecule has 0 bridgehead atoms. The Balaban J connectivity index is 0.00000144. The molecule has 0 saturated carbocycles. The lowest BCUT2D eigenvalue weighted by Crippen LogP contribution is -2.25. The fourth-order valence-electron chi connectivity index (χ4n) is 1.50. The zero-order valence-electron chi connectivity index (χ0n) is 8.73. The van der Waals surface area contributed by atoms with Crippen LogP contribution in [0.3, 0.4) is 0 Å². The zero-order valence-corrected chi connectivity index (χ0v) is 9.55. The number of hydrogen-bond acceptors (Lipinski definition) is 4. The summed E-state index contributed by atoms with van der Waals surface area (Å²) in [6, 6.07) is 3.94. The molecule has 3 N–H and O–H groups in total. The Hall–Kier alpha value is -1.11. The zero-order chi connectivity index (χ0) is 11.8. The second kappa shape index (κ2) is 5.03. The number of halogens is 3. The first-order valence-corrected chi connectivity index (χ1v) is 4.78. The van der Waals surface area contributed by atoms with E-state index < -0.39 is 12.3 Å². The molecule has 1 aromatic carbocycles. The minimum Gasteiger partial charge on any atom is -0.396 e. The van der Waals surface area contributed by atoms with Crippen molar-refractivity contribution < 1.29 is 23.4 Å². The van der Waals surface area contributed by atoms with E-state index in [9.17, 15) is 8.78 Å². The molecule has 0 aromatic heterocycles. The van der Waals surface area contributed by atoms with E-state index in [0.717, 1.165) is 0 Å². The number of nitrogens with two attached hydrogens (primary N) is 1. The molecule has 17 heavy (non-hydrogen) atoms. The van der Waals surface area contributed by atoms with Crippen molar-refractivity contribution in [2.75, 3.05) is 6.61 Å². The summed E-state index contributed by atoms with van der Waals surface area (Å²) in [5.41, 5.74) is 6.34. The van der Waals surface area contributed by atoms with Crippen molar-refractivity contribution in [3.05, 3.63) is 23.8 Å². The summed E-state index contributed by atoms with van der Waals surface area (Å²) in [6.45, 7) is -0.0637. The largest absolute Gasteiger partial charge is 0.586 e. The monoisotopic (exact) mass is 267 g/mol. The number of benzene rings is 1. The van der Waals surface area contributed by atoms with Crippen LogP contribution in [0.5, 0.6) is 11.5 Å².